The Morgan fingerprint density at radius 3 is 2.68 bits per heavy atom. The van der Waals surface area contributed by atoms with Gasteiger partial charge in [0, 0.05) is 36.1 Å². The number of benzene rings is 1. The number of pyridine rings is 1. The van der Waals surface area contributed by atoms with Crippen molar-refractivity contribution >= 4 is 29.3 Å². The Hall–Kier alpha value is -3.15. The van der Waals surface area contributed by atoms with Crippen molar-refractivity contribution < 1.29 is 14.3 Å². The highest BCUT2D eigenvalue weighted by Crippen LogP contribution is 2.38. The van der Waals surface area contributed by atoms with Crippen molar-refractivity contribution in [1.82, 2.24) is 9.88 Å². The Labute approximate surface area is 182 Å². The van der Waals surface area contributed by atoms with Gasteiger partial charge in [-0.3, -0.25) is 9.59 Å². The Morgan fingerprint density at radius 1 is 1.10 bits per heavy atom. The van der Waals surface area contributed by atoms with Crippen LogP contribution in [0.2, 0.25) is 0 Å². The molecule has 6 nitrogen and oxygen atoms in total. The summed E-state index contributed by atoms with van der Waals surface area (Å²) in [4.78, 5) is 34.1. The average molecular weight is 418 g/mol. The molecule has 2 aliphatic heterocycles. The molecule has 2 aromatic rings. The molecule has 5 rings (SSSR count). The molecule has 0 saturated carbocycles. The first-order valence-corrected chi connectivity index (χ1v) is 11.2. The first-order valence-electron chi connectivity index (χ1n) is 11.2. The number of carbonyl (C=O) groups excluding carboxylic acids is 2. The third-order valence-electron chi connectivity index (χ3n) is 6.39. The van der Waals surface area contributed by atoms with E-state index in [1.54, 1.807) is 6.20 Å². The maximum absolute atomic E-state index is 13.0. The summed E-state index contributed by atoms with van der Waals surface area (Å²) >= 11 is 0. The highest BCUT2D eigenvalue weighted by atomic mass is 16.5. The van der Waals surface area contributed by atoms with Gasteiger partial charge in [-0.2, -0.15) is 0 Å². The van der Waals surface area contributed by atoms with Crippen LogP contribution >= 0.6 is 0 Å². The second-order valence-corrected chi connectivity index (χ2v) is 8.38. The molecule has 1 aromatic carbocycles. The van der Waals surface area contributed by atoms with Crippen LogP contribution in [0.25, 0.3) is 6.08 Å². The lowest BCUT2D eigenvalue weighted by atomic mass is 10.1. The largest absolute Gasteiger partial charge is 0.488 e. The van der Waals surface area contributed by atoms with Crippen molar-refractivity contribution in [2.24, 2.45) is 0 Å². The van der Waals surface area contributed by atoms with E-state index in [9.17, 15) is 9.59 Å². The minimum absolute atomic E-state index is 0.0335. The zero-order valence-corrected chi connectivity index (χ0v) is 17.9. The van der Waals surface area contributed by atoms with Gasteiger partial charge in [0.2, 0.25) is 0 Å². The minimum Gasteiger partial charge on any atom is -0.488 e. The van der Waals surface area contributed by atoms with Crippen LogP contribution in [0.4, 0.5) is 11.5 Å². The topological polar surface area (TPSA) is 62.7 Å². The van der Waals surface area contributed by atoms with E-state index < -0.39 is 0 Å². The highest BCUT2D eigenvalue weighted by molar-refractivity contribution is 6.18. The summed E-state index contributed by atoms with van der Waals surface area (Å²) in [7, 11) is 0. The fraction of sp³-hybridized carbons (Fsp3) is 0.400. The number of ketones is 1. The number of carbonyl (C=O) groups is 2. The van der Waals surface area contributed by atoms with Crippen LogP contribution in [-0.2, 0) is 0 Å². The van der Waals surface area contributed by atoms with Crippen molar-refractivity contribution in [2.75, 3.05) is 31.1 Å². The number of amides is 1. The number of fused-ring (bicyclic) bond motifs is 2. The van der Waals surface area contributed by atoms with Gasteiger partial charge in [0.15, 0.2) is 17.4 Å². The van der Waals surface area contributed by atoms with Gasteiger partial charge in [0.1, 0.15) is 6.61 Å². The SMILES string of the molecule is CCC1=Cc2cc(N3CCOc4cc(C(=O)N5CCCCCC5)cnc43)ccc2C1=O. The van der Waals surface area contributed by atoms with Crippen LogP contribution in [0.3, 0.4) is 0 Å². The lowest BCUT2D eigenvalue weighted by Gasteiger charge is -2.31. The zero-order valence-electron chi connectivity index (χ0n) is 17.9. The highest BCUT2D eigenvalue weighted by Gasteiger charge is 2.27. The molecule has 3 aliphatic rings. The van der Waals surface area contributed by atoms with Gasteiger partial charge >= 0.3 is 0 Å². The number of nitrogens with zero attached hydrogens (tertiary/aromatic N) is 3. The van der Waals surface area contributed by atoms with Gasteiger partial charge in [0.25, 0.3) is 5.91 Å². The summed E-state index contributed by atoms with van der Waals surface area (Å²) < 4.78 is 5.88. The molecule has 1 aliphatic carbocycles. The molecule has 31 heavy (non-hydrogen) atoms. The fourth-order valence-corrected chi connectivity index (χ4v) is 4.66. The van der Waals surface area contributed by atoms with Crippen molar-refractivity contribution in [1.29, 1.82) is 0 Å². The predicted octanol–water partition coefficient (Wildman–Crippen LogP) is 4.62. The molecule has 160 valence electrons. The Morgan fingerprint density at radius 2 is 1.90 bits per heavy atom. The average Bonchev–Trinajstić information content (AvgIpc) is 2.97. The van der Waals surface area contributed by atoms with Gasteiger partial charge in [-0.15, -0.1) is 0 Å². The van der Waals surface area contributed by atoms with E-state index in [2.05, 4.69) is 9.88 Å². The van der Waals surface area contributed by atoms with Gasteiger partial charge in [0.05, 0.1) is 12.1 Å². The molecule has 0 atom stereocenters. The quantitative estimate of drug-likeness (QED) is 0.729. The van der Waals surface area contributed by atoms with Crippen molar-refractivity contribution in [3.05, 3.63) is 52.7 Å². The van der Waals surface area contributed by atoms with E-state index in [1.165, 1.54) is 12.8 Å². The summed E-state index contributed by atoms with van der Waals surface area (Å²) in [5.74, 6) is 1.50. The number of hydrogen-bond donors (Lipinski definition) is 0. The number of allylic oxidation sites excluding steroid dienone is 1. The summed E-state index contributed by atoms with van der Waals surface area (Å²) in [6.45, 7) is 4.80. The summed E-state index contributed by atoms with van der Waals surface area (Å²) in [5, 5.41) is 0. The number of ether oxygens (including phenoxy) is 1. The number of Topliss-reactive ketones (excluding diaryl/α,β-unsaturated/α-hetero) is 1. The van der Waals surface area contributed by atoms with Crippen molar-refractivity contribution in [3.8, 4) is 5.75 Å². The molecule has 1 saturated heterocycles. The molecule has 1 aromatic heterocycles. The number of rotatable bonds is 3. The lowest BCUT2D eigenvalue weighted by molar-refractivity contribution is 0.0760. The molecule has 3 heterocycles. The predicted molar refractivity (Wildman–Crippen MR) is 120 cm³/mol. The number of aromatic nitrogens is 1. The van der Waals surface area contributed by atoms with Gasteiger partial charge in [-0.1, -0.05) is 19.8 Å². The Kier molecular flexibility index (Phi) is 5.22. The molecule has 0 spiro atoms. The normalized spacial score (nSPS) is 18.1. The van der Waals surface area contributed by atoms with E-state index >= 15 is 0 Å². The standard InChI is InChI=1S/C25H27N3O3/c1-2-17-13-18-14-20(7-8-21(18)23(17)29)28-11-12-31-22-15-19(16-26-24(22)28)25(30)27-9-5-3-4-6-10-27/h7-8,13-16H,2-6,9-12H2,1H3. The third kappa shape index (κ3) is 3.60. The Balaban J connectivity index is 1.43. The molecule has 0 N–H and O–H groups in total. The molecule has 1 amide bonds. The molecule has 0 radical (unpaired) electrons. The molecule has 1 fully saturated rings. The maximum Gasteiger partial charge on any atom is 0.255 e. The number of anilines is 2. The van der Waals surface area contributed by atoms with E-state index in [1.807, 2.05) is 42.2 Å². The van der Waals surface area contributed by atoms with Crippen molar-refractivity contribution in [3.63, 3.8) is 0 Å². The van der Waals surface area contributed by atoms with E-state index in [-0.39, 0.29) is 11.7 Å². The first kappa shape index (κ1) is 19.8. The van der Waals surface area contributed by atoms with Crippen LogP contribution in [-0.4, -0.2) is 47.8 Å². The maximum atomic E-state index is 13.0. The second kappa shape index (κ2) is 8.17. The molecule has 6 heteroatoms. The van der Waals surface area contributed by atoms with Crippen LogP contribution in [0.5, 0.6) is 5.75 Å². The zero-order chi connectivity index (χ0) is 21.4. The number of hydrogen-bond acceptors (Lipinski definition) is 5. The summed E-state index contributed by atoms with van der Waals surface area (Å²) in [6.07, 6.45) is 8.88. The van der Waals surface area contributed by atoms with Crippen LogP contribution in [0, 0.1) is 0 Å². The summed E-state index contributed by atoms with van der Waals surface area (Å²) in [6, 6.07) is 7.74. The van der Waals surface area contributed by atoms with Crippen LogP contribution in [0.15, 0.2) is 36.0 Å². The monoisotopic (exact) mass is 417 g/mol. The first-order chi connectivity index (χ1) is 15.2. The van der Waals surface area contributed by atoms with Crippen molar-refractivity contribution in [2.45, 2.75) is 39.0 Å². The second-order valence-electron chi connectivity index (χ2n) is 8.38. The van der Waals surface area contributed by atoms with Crippen LogP contribution < -0.4 is 9.64 Å². The van der Waals surface area contributed by atoms with E-state index in [4.69, 9.17) is 4.74 Å². The third-order valence-corrected chi connectivity index (χ3v) is 6.39. The molecule has 0 bridgehead atoms. The molecular formula is C25H27N3O3. The van der Waals surface area contributed by atoms with Gasteiger partial charge in [-0.25, -0.2) is 4.98 Å². The molecular weight excluding hydrogens is 390 g/mol. The van der Waals surface area contributed by atoms with Crippen LogP contribution in [0.1, 0.15) is 65.3 Å². The Bertz CT molecular complexity index is 1070. The fourth-order valence-electron chi connectivity index (χ4n) is 4.66. The van der Waals surface area contributed by atoms with E-state index in [0.29, 0.717) is 30.3 Å². The van der Waals surface area contributed by atoms with Gasteiger partial charge < -0.3 is 14.5 Å². The lowest BCUT2D eigenvalue weighted by Crippen LogP contribution is -2.33. The smallest absolute Gasteiger partial charge is 0.255 e. The minimum atomic E-state index is 0.0335. The number of likely N-dealkylation sites (tertiary alicyclic amines) is 1. The summed E-state index contributed by atoms with van der Waals surface area (Å²) in [5.41, 5.74) is 4.13. The van der Waals surface area contributed by atoms with Gasteiger partial charge in [-0.05, 0) is 55.2 Å². The molecule has 0 unspecified atom stereocenters. The van der Waals surface area contributed by atoms with E-state index in [0.717, 1.165) is 54.7 Å².